The molecule has 0 radical (unpaired) electrons. The summed E-state index contributed by atoms with van der Waals surface area (Å²) in [6.07, 6.45) is -4.08. The summed E-state index contributed by atoms with van der Waals surface area (Å²) in [7, 11) is 0. The van der Waals surface area contributed by atoms with Crippen molar-refractivity contribution >= 4 is 28.7 Å². The van der Waals surface area contributed by atoms with Crippen LogP contribution in [0.25, 0.3) is 0 Å². The number of benzene rings is 1. The molecule has 2 heterocycles. The van der Waals surface area contributed by atoms with Gasteiger partial charge in [-0.1, -0.05) is 23.7 Å². The molecule has 4 atom stereocenters. The van der Waals surface area contributed by atoms with Crippen LogP contribution in [0.15, 0.2) is 35.7 Å². The predicted molar refractivity (Wildman–Crippen MR) is 93.6 cm³/mol. The van der Waals surface area contributed by atoms with E-state index in [4.69, 9.17) is 21.1 Å². The summed E-state index contributed by atoms with van der Waals surface area (Å²) in [5.74, 6) is -0.478. The summed E-state index contributed by atoms with van der Waals surface area (Å²) in [5.41, 5.74) is 2.74. The topological polar surface area (TPSA) is 88.0 Å². The zero-order chi connectivity index (χ0) is 18.7. The Bertz CT molecular complexity index is 756. The van der Waals surface area contributed by atoms with E-state index < -0.39 is 37.0 Å². The van der Waals surface area contributed by atoms with Crippen molar-refractivity contribution in [1.29, 1.82) is 0 Å². The van der Waals surface area contributed by atoms with Gasteiger partial charge in [-0.15, -0.1) is 11.3 Å². The number of aliphatic hydroxyl groups is 1. The molecular weight excluding hydrogens is 385 g/mol. The summed E-state index contributed by atoms with van der Waals surface area (Å²) < 4.78 is 24.9. The van der Waals surface area contributed by atoms with Crippen molar-refractivity contribution in [3.63, 3.8) is 0 Å². The third-order valence-electron chi connectivity index (χ3n) is 4.03. The summed E-state index contributed by atoms with van der Waals surface area (Å²) in [6.45, 7) is -0.674. The molecule has 1 aliphatic rings. The normalized spacial score (nSPS) is 26.1. The van der Waals surface area contributed by atoms with E-state index in [0.717, 1.165) is 10.4 Å². The molecule has 3 N–H and O–H groups in total. The van der Waals surface area contributed by atoms with Crippen molar-refractivity contribution in [1.82, 2.24) is 5.48 Å². The number of hydroxylamine groups is 1. The predicted octanol–water partition coefficient (Wildman–Crippen LogP) is 2.34. The van der Waals surface area contributed by atoms with Crippen LogP contribution in [0.3, 0.4) is 0 Å². The highest BCUT2D eigenvalue weighted by Crippen LogP contribution is 2.31. The van der Waals surface area contributed by atoms with Crippen LogP contribution in [0.5, 0.6) is 5.75 Å². The van der Waals surface area contributed by atoms with Gasteiger partial charge >= 0.3 is 0 Å². The average molecular weight is 402 g/mol. The molecule has 1 saturated heterocycles. The molecular formula is C17H17ClFNO5S. The maximum Gasteiger partial charge on any atom is 0.225 e. The summed E-state index contributed by atoms with van der Waals surface area (Å²) in [6, 6.07) is 7.66. The minimum Gasteiger partial charge on any atom is -0.461 e. The number of ether oxygens (including phenoxy) is 2. The zero-order valence-electron chi connectivity index (χ0n) is 13.5. The van der Waals surface area contributed by atoms with E-state index in [1.807, 2.05) is 17.5 Å². The van der Waals surface area contributed by atoms with Crippen molar-refractivity contribution in [3.8, 4) is 5.75 Å². The Hall–Kier alpha value is -1.55. The molecule has 3 rings (SSSR count). The van der Waals surface area contributed by atoms with Crippen molar-refractivity contribution in [3.05, 3.63) is 51.2 Å². The molecule has 0 spiro atoms. The van der Waals surface area contributed by atoms with Gasteiger partial charge in [-0.3, -0.25) is 4.79 Å². The van der Waals surface area contributed by atoms with Gasteiger partial charge in [0.1, 0.15) is 11.9 Å². The first kappa shape index (κ1) is 19.2. The van der Waals surface area contributed by atoms with Crippen LogP contribution < -0.4 is 10.2 Å². The number of ketones is 1. The molecule has 140 valence electrons. The number of alkyl halides is 1. The van der Waals surface area contributed by atoms with Gasteiger partial charge in [0.25, 0.3) is 0 Å². The number of aliphatic hydroxyl groups excluding tert-OH is 1. The third-order valence-corrected chi connectivity index (χ3v) is 5.18. The van der Waals surface area contributed by atoms with E-state index in [1.165, 1.54) is 11.3 Å². The van der Waals surface area contributed by atoms with Gasteiger partial charge in [0.2, 0.25) is 6.29 Å². The van der Waals surface area contributed by atoms with Crippen LogP contribution in [0.1, 0.15) is 10.4 Å². The van der Waals surface area contributed by atoms with Gasteiger partial charge in [-0.25, -0.2) is 4.39 Å². The van der Waals surface area contributed by atoms with Crippen LogP contribution in [-0.4, -0.2) is 47.3 Å². The summed E-state index contributed by atoms with van der Waals surface area (Å²) >= 11 is 7.34. The lowest BCUT2D eigenvalue weighted by molar-refractivity contribution is -0.206. The Morgan fingerprint density at radius 3 is 2.69 bits per heavy atom. The summed E-state index contributed by atoms with van der Waals surface area (Å²) in [5, 5.41) is 20.8. The number of hydrogen-bond donors (Lipinski definition) is 3. The first-order valence-corrected chi connectivity index (χ1v) is 9.10. The molecule has 26 heavy (non-hydrogen) atoms. The van der Waals surface area contributed by atoms with E-state index in [0.29, 0.717) is 17.2 Å². The molecule has 4 unspecified atom stereocenters. The van der Waals surface area contributed by atoms with Crippen molar-refractivity contribution in [2.45, 2.75) is 31.0 Å². The lowest BCUT2D eigenvalue weighted by Gasteiger charge is -2.35. The molecule has 1 aromatic heterocycles. The van der Waals surface area contributed by atoms with E-state index in [9.17, 15) is 19.5 Å². The minimum atomic E-state index is -2.04. The fraction of sp³-hybridized carbons (Fsp3) is 0.353. The first-order chi connectivity index (χ1) is 12.5. The largest absolute Gasteiger partial charge is 0.461 e. The smallest absolute Gasteiger partial charge is 0.225 e. The zero-order valence-corrected chi connectivity index (χ0v) is 15.0. The Morgan fingerprint density at radius 2 is 2.04 bits per heavy atom. The molecule has 0 bridgehead atoms. The SMILES string of the molecule is O=C1C(F)C(CO)OC(Oc2ccsc2Cc2ccc(Cl)cc2)C1NO. The molecule has 1 fully saturated rings. The second-order valence-corrected chi connectivity index (χ2v) is 7.20. The van der Waals surface area contributed by atoms with Gasteiger partial charge in [0.05, 0.1) is 11.5 Å². The molecule has 6 nitrogen and oxygen atoms in total. The van der Waals surface area contributed by atoms with Crippen LogP contribution in [0, 0.1) is 0 Å². The van der Waals surface area contributed by atoms with Crippen LogP contribution in [-0.2, 0) is 16.0 Å². The van der Waals surface area contributed by atoms with Crippen molar-refractivity contribution in [2.24, 2.45) is 0 Å². The van der Waals surface area contributed by atoms with Crippen LogP contribution >= 0.6 is 22.9 Å². The standard InChI is InChI=1S/C17H17ClFNO5S/c18-10-3-1-9(2-4-10)7-13-11(5-6-26-13)24-17-15(20-23)16(22)14(19)12(8-21)25-17/h1-6,12,14-15,17,20-21,23H,7-8H2. The lowest BCUT2D eigenvalue weighted by Crippen LogP contribution is -2.60. The lowest BCUT2D eigenvalue weighted by atomic mass is 10.0. The second kappa shape index (κ2) is 8.43. The Morgan fingerprint density at radius 1 is 1.31 bits per heavy atom. The number of nitrogens with one attached hydrogen (secondary N) is 1. The maximum absolute atomic E-state index is 13.9. The van der Waals surface area contributed by atoms with Gasteiger partial charge in [0, 0.05) is 11.4 Å². The number of carbonyl (C=O) groups is 1. The molecule has 0 aliphatic carbocycles. The highest BCUT2D eigenvalue weighted by Gasteiger charge is 2.46. The van der Waals surface area contributed by atoms with Gasteiger partial charge in [0.15, 0.2) is 18.0 Å². The van der Waals surface area contributed by atoms with Crippen LogP contribution in [0.4, 0.5) is 4.39 Å². The van der Waals surface area contributed by atoms with E-state index in [-0.39, 0.29) is 0 Å². The number of hydrogen-bond acceptors (Lipinski definition) is 7. The number of carbonyl (C=O) groups excluding carboxylic acids is 1. The molecule has 1 aromatic carbocycles. The molecule has 1 aliphatic heterocycles. The number of thiophene rings is 1. The molecule has 0 amide bonds. The monoisotopic (exact) mass is 401 g/mol. The Kier molecular flexibility index (Phi) is 6.23. The number of halogens is 2. The molecule has 2 aromatic rings. The summed E-state index contributed by atoms with van der Waals surface area (Å²) in [4.78, 5) is 12.9. The van der Waals surface area contributed by atoms with Crippen molar-refractivity contribution in [2.75, 3.05) is 6.61 Å². The average Bonchev–Trinajstić information content (AvgIpc) is 3.07. The third kappa shape index (κ3) is 4.06. The van der Waals surface area contributed by atoms with Gasteiger partial charge in [-0.2, -0.15) is 5.48 Å². The fourth-order valence-corrected chi connectivity index (χ4v) is 3.60. The minimum absolute atomic E-state index is 0.456. The second-order valence-electron chi connectivity index (χ2n) is 5.77. The molecule has 0 saturated carbocycles. The van der Waals surface area contributed by atoms with E-state index in [2.05, 4.69) is 0 Å². The first-order valence-electron chi connectivity index (χ1n) is 7.84. The van der Waals surface area contributed by atoms with Crippen molar-refractivity contribution < 1.29 is 29.0 Å². The quantitative estimate of drug-likeness (QED) is 0.644. The fourth-order valence-electron chi connectivity index (χ4n) is 2.64. The highest BCUT2D eigenvalue weighted by molar-refractivity contribution is 7.10. The maximum atomic E-state index is 13.9. The highest BCUT2D eigenvalue weighted by atomic mass is 35.5. The number of Topliss-reactive ketones (excluding diaryl/α,β-unsaturated/α-hetero) is 1. The Labute approximate surface area is 158 Å². The Balaban J connectivity index is 1.76. The van der Waals surface area contributed by atoms with E-state index in [1.54, 1.807) is 23.7 Å². The number of rotatable bonds is 6. The molecule has 9 heteroatoms. The van der Waals surface area contributed by atoms with E-state index >= 15 is 0 Å². The van der Waals surface area contributed by atoms with Gasteiger partial charge in [-0.05, 0) is 29.1 Å². The van der Waals surface area contributed by atoms with Gasteiger partial charge < -0.3 is 19.8 Å². The van der Waals surface area contributed by atoms with Crippen LogP contribution in [0.2, 0.25) is 5.02 Å².